The molecule has 1 aromatic carbocycles. The van der Waals surface area contributed by atoms with Crippen molar-refractivity contribution in [2.45, 2.75) is 19.9 Å². The topological polar surface area (TPSA) is 86.5 Å². The molecule has 0 aliphatic rings. The van der Waals surface area contributed by atoms with E-state index in [1.165, 1.54) is 11.3 Å². The first-order valence-corrected chi connectivity index (χ1v) is 8.08. The molecule has 0 aliphatic carbocycles. The Morgan fingerprint density at radius 3 is 2.65 bits per heavy atom. The van der Waals surface area contributed by atoms with Crippen molar-refractivity contribution in [1.82, 2.24) is 4.98 Å². The number of nitrogens with zero attached hydrogens (tertiary/aromatic N) is 1. The molecule has 2 atom stereocenters. The lowest BCUT2D eigenvalue weighted by Crippen LogP contribution is -2.34. The van der Waals surface area contributed by atoms with Crippen LogP contribution >= 0.6 is 11.3 Å². The fraction of sp³-hybridized carbons (Fsp3) is 0.375. The third-order valence-electron chi connectivity index (χ3n) is 3.62. The van der Waals surface area contributed by atoms with E-state index in [1.807, 2.05) is 23.6 Å². The normalized spacial score (nSPS) is 13.3. The summed E-state index contributed by atoms with van der Waals surface area (Å²) < 4.78 is 10.6. The van der Waals surface area contributed by atoms with Crippen molar-refractivity contribution in [1.29, 1.82) is 0 Å². The maximum absolute atomic E-state index is 12.1. The van der Waals surface area contributed by atoms with Crippen LogP contribution in [0.3, 0.4) is 0 Å². The molecule has 0 fully saturated rings. The van der Waals surface area contributed by atoms with Gasteiger partial charge in [0, 0.05) is 17.0 Å². The summed E-state index contributed by atoms with van der Waals surface area (Å²) in [7, 11) is 3.21. The molecule has 23 heavy (non-hydrogen) atoms. The molecule has 0 saturated carbocycles. The summed E-state index contributed by atoms with van der Waals surface area (Å²) >= 11 is 1.35. The van der Waals surface area contributed by atoms with Crippen LogP contribution in [-0.2, 0) is 4.79 Å². The third kappa shape index (κ3) is 4.00. The van der Waals surface area contributed by atoms with Crippen LogP contribution in [0.5, 0.6) is 11.5 Å². The molecule has 0 bridgehead atoms. The largest absolute Gasteiger partial charge is 0.497 e. The molecule has 7 heteroatoms. The molecule has 0 aliphatic heterocycles. The second kappa shape index (κ2) is 7.43. The van der Waals surface area contributed by atoms with Gasteiger partial charge in [0.25, 0.3) is 0 Å². The highest BCUT2D eigenvalue weighted by atomic mass is 32.1. The number of carbonyl (C=O) groups excluding carboxylic acids is 1. The van der Waals surface area contributed by atoms with Crippen LogP contribution in [0.4, 0.5) is 5.13 Å². The second-order valence-electron chi connectivity index (χ2n) is 5.24. The number of methoxy groups -OCH3 is 2. The Labute approximate surface area is 139 Å². The molecule has 0 radical (unpaired) electrons. The van der Waals surface area contributed by atoms with Crippen molar-refractivity contribution < 1.29 is 14.3 Å². The van der Waals surface area contributed by atoms with Gasteiger partial charge in [-0.1, -0.05) is 6.92 Å². The fourth-order valence-electron chi connectivity index (χ4n) is 1.93. The number of nitrogens with two attached hydrogens (primary N) is 1. The van der Waals surface area contributed by atoms with Crippen LogP contribution in [0.2, 0.25) is 0 Å². The molecule has 0 spiro atoms. The highest BCUT2D eigenvalue weighted by Gasteiger charge is 2.19. The van der Waals surface area contributed by atoms with Crippen molar-refractivity contribution >= 4 is 22.4 Å². The number of rotatable bonds is 6. The number of ether oxygens (including phenoxy) is 2. The molecule has 1 heterocycles. The zero-order valence-corrected chi connectivity index (χ0v) is 14.4. The Morgan fingerprint density at radius 1 is 1.30 bits per heavy atom. The number of nitrogens with one attached hydrogen (secondary N) is 1. The predicted octanol–water partition coefficient (Wildman–Crippen LogP) is 2.75. The predicted molar refractivity (Wildman–Crippen MR) is 92.1 cm³/mol. The smallest absolute Gasteiger partial charge is 0.230 e. The third-order valence-corrected chi connectivity index (χ3v) is 4.38. The molecule has 1 aromatic heterocycles. The Bertz CT molecular complexity index is 685. The summed E-state index contributed by atoms with van der Waals surface area (Å²) in [5, 5.41) is 5.19. The van der Waals surface area contributed by atoms with Gasteiger partial charge in [-0.25, -0.2) is 4.98 Å². The molecular formula is C16H21N3O3S. The van der Waals surface area contributed by atoms with E-state index in [0.717, 1.165) is 11.3 Å². The molecule has 124 valence electrons. The lowest BCUT2D eigenvalue weighted by atomic mass is 10.0. The van der Waals surface area contributed by atoms with Gasteiger partial charge in [-0.2, -0.15) is 0 Å². The van der Waals surface area contributed by atoms with Crippen LogP contribution in [0.15, 0.2) is 23.6 Å². The summed E-state index contributed by atoms with van der Waals surface area (Å²) in [5.41, 5.74) is 7.27. The molecule has 0 saturated heterocycles. The summed E-state index contributed by atoms with van der Waals surface area (Å²) in [6, 6.07) is 5.28. The van der Waals surface area contributed by atoms with Gasteiger partial charge in [0.15, 0.2) is 5.13 Å². The van der Waals surface area contributed by atoms with Crippen molar-refractivity contribution in [2.75, 3.05) is 19.5 Å². The minimum atomic E-state index is -0.284. The van der Waals surface area contributed by atoms with E-state index >= 15 is 0 Å². The SMILES string of the molecule is COc1ccc(OC)c(-c2csc(NC(=O)C(C)C(C)N)n2)c1. The summed E-state index contributed by atoms with van der Waals surface area (Å²) in [4.78, 5) is 16.5. The van der Waals surface area contributed by atoms with Crippen molar-refractivity contribution in [3.63, 3.8) is 0 Å². The number of amides is 1. The Hall–Kier alpha value is -2.12. The fourth-order valence-corrected chi connectivity index (χ4v) is 2.64. The second-order valence-corrected chi connectivity index (χ2v) is 6.10. The lowest BCUT2D eigenvalue weighted by molar-refractivity contribution is -0.119. The zero-order chi connectivity index (χ0) is 17.0. The maximum Gasteiger partial charge on any atom is 0.230 e. The molecule has 1 amide bonds. The molecule has 6 nitrogen and oxygen atoms in total. The lowest BCUT2D eigenvalue weighted by Gasteiger charge is -2.13. The van der Waals surface area contributed by atoms with E-state index in [0.29, 0.717) is 16.6 Å². The molecule has 2 aromatic rings. The number of benzene rings is 1. The quantitative estimate of drug-likeness (QED) is 0.847. The van der Waals surface area contributed by atoms with Crippen molar-refractivity contribution in [3.05, 3.63) is 23.6 Å². The van der Waals surface area contributed by atoms with E-state index in [-0.39, 0.29) is 17.9 Å². The van der Waals surface area contributed by atoms with E-state index < -0.39 is 0 Å². The molecule has 2 unspecified atom stereocenters. The van der Waals surface area contributed by atoms with Gasteiger partial charge in [-0.15, -0.1) is 11.3 Å². The van der Waals surface area contributed by atoms with Crippen LogP contribution in [0.25, 0.3) is 11.3 Å². The van der Waals surface area contributed by atoms with Crippen LogP contribution in [-0.4, -0.2) is 31.2 Å². The minimum absolute atomic E-state index is 0.140. The first-order chi connectivity index (χ1) is 11.0. The Kier molecular flexibility index (Phi) is 5.57. The van der Waals surface area contributed by atoms with Crippen LogP contribution < -0.4 is 20.5 Å². The highest BCUT2D eigenvalue weighted by molar-refractivity contribution is 7.14. The number of thiazole rings is 1. The average molecular weight is 335 g/mol. The Balaban J connectivity index is 2.24. The summed E-state index contributed by atoms with van der Waals surface area (Å²) in [6.07, 6.45) is 0. The first-order valence-electron chi connectivity index (χ1n) is 7.20. The summed E-state index contributed by atoms with van der Waals surface area (Å²) in [5.74, 6) is 0.982. The van der Waals surface area contributed by atoms with Gasteiger partial charge < -0.3 is 20.5 Å². The van der Waals surface area contributed by atoms with Crippen molar-refractivity contribution in [2.24, 2.45) is 11.7 Å². The van der Waals surface area contributed by atoms with Crippen LogP contribution in [0, 0.1) is 5.92 Å². The zero-order valence-electron chi connectivity index (χ0n) is 13.6. The number of hydrogen-bond donors (Lipinski definition) is 2. The van der Waals surface area contributed by atoms with E-state index in [1.54, 1.807) is 28.1 Å². The average Bonchev–Trinajstić information content (AvgIpc) is 3.01. The van der Waals surface area contributed by atoms with Gasteiger partial charge in [0.1, 0.15) is 11.5 Å². The van der Waals surface area contributed by atoms with E-state index in [9.17, 15) is 4.79 Å². The van der Waals surface area contributed by atoms with Gasteiger partial charge in [-0.05, 0) is 25.1 Å². The van der Waals surface area contributed by atoms with Gasteiger partial charge in [0.2, 0.25) is 5.91 Å². The number of anilines is 1. The monoisotopic (exact) mass is 335 g/mol. The molecular weight excluding hydrogens is 314 g/mol. The number of carbonyl (C=O) groups is 1. The van der Waals surface area contributed by atoms with Gasteiger partial charge in [-0.3, -0.25) is 4.79 Å². The highest BCUT2D eigenvalue weighted by Crippen LogP contribution is 2.35. The summed E-state index contributed by atoms with van der Waals surface area (Å²) in [6.45, 7) is 3.60. The number of aromatic nitrogens is 1. The van der Waals surface area contributed by atoms with E-state index in [2.05, 4.69) is 10.3 Å². The standard InChI is InChI=1S/C16H21N3O3S/c1-9(10(2)17)15(20)19-16-18-13(8-23-16)12-7-11(21-3)5-6-14(12)22-4/h5-10H,17H2,1-4H3,(H,18,19,20). The molecule has 2 rings (SSSR count). The van der Waals surface area contributed by atoms with Gasteiger partial charge in [0.05, 0.1) is 25.8 Å². The van der Waals surface area contributed by atoms with E-state index in [4.69, 9.17) is 15.2 Å². The van der Waals surface area contributed by atoms with Crippen LogP contribution in [0.1, 0.15) is 13.8 Å². The number of hydrogen-bond acceptors (Lipinski definition) is 6. The van der Waals surface area contributed by atoms with Gasteiger partial charge >= 0.3 is 0 Å². The Morgan fingerprint density at radius 2 is 2.04 bits per heavy atom. The molecule has 3 N–H and O–H groups in total. The first kappa shape index (κ1) is 17.2. The maximum atomic E-state index is 12.1. The minimum Gasteiger partial charge on any atom is -0.497 e. The van der Waals surface area contributed by atoms with Crippen molar-refractivity contribution in [3.8, 4) is 22.8 Å².